The topological polar surface area (TPSA) is 79.8 Å². The number of benzene rings is 1. The van der Waals surface area contributed by atoms with Gasteiger partial charge in [-0.1, -0.05) is 37.5 Å². The molecule has 1 aliphatic rings. The standard InChI is InChI=1S/C18H21F3N4O2/c19-18(20,21)14-8-5-4-6-12(14)13-7-2-1-3-9-15(13)23-16(26)10-25-11-22-24-17(25)27/h4-6,8,11,13,15H,1-3,7,9-10H2,(H,23,26)(H,24,27). The number of nitrogens with one attached hydrogen (secondary N) is 2. The predicted molar refractivity (Wildman–Crippen MR) is 92.0 cm³/mol. The van der Waals surface area contributed by atoms with Crippen LogP contribution in [0.1, 0.15) is 49.1 Å². The number of aromatic amines is 1. The van der Waals surface area contributed by atoms with Crippen molar-refractivity contribution < 1.29 is 18.0 Å². The van der Waals surface area contributed by atoms with E-state index in [9.17, 15) is 22.8 Å². The molecule has 0 aliphatic heterocycles. The highest BCUT2D eigenvalue weighted by Crippen LogP contribution is 2.40. The molecule has 2 unspecified atom stereocenters. The summed E-state index contributed by atoms with van der Waals surface area (Å²) in [5.41, 5.74) is -0.940. The molecular formula is C18H21F3N4O2. The van der Waals surface area contributed by atoms with Crippen molar-refractivity contribution in [2.24, 2.45) is 0 Å². The fourth-order valence-electron chi connectivity index (χ4n) is 3.72. The van der Waals surface area contributed by atoms with Crippen LogP contribution in [0.4, 0.5) is 13.2 Å². The minimum Gasteiger partial charge on any atom is -0.351 e. The molecule has 0 saturated heterocycles. The Morgan fingerprint density at radius 1 is 1.22 bits per heavy atom. The Kier molecular flexibility index (Phi) is 5.67. The average Bonchev–Trinajstić information content (AvgIpc) is 2.88. The smallest absolute Gasteiger partial charge is 0.351 e. The van der Waals surface area contributed by atoms with Crippen LogP contribution in [0.15, 0.2) is 35.4 Å². The van der Waals surface area contributed by atoms with Crippen LogP contribution >= 0.6 is 0 Å². The molecule has 146 valence electrons. The Balaban J connectivity index is 1.83. The number of hydrogen-bond donors (Lipinski definition) is 2. The third kappa shape index (κ3) is 4.58. The van der Waals surface area contributed by atoms with Crippen LogP contribution in [0, 0.1) is 0 Å². The molecule has 1 saturated carbocycles. The number of rotatable bonds is 4. The lowest BCUT2D eigenvalue weighted by atomic mass is 9.84. The van der Waals surface area contributed by atoms with Gasteiger partial charge in [-0.15, -0.1) is 0 Å². The predicted octanol–water partition coefficient (Wildman–Crippen LogP) is 2.82. The Labute approximate surface area is 153 Å². The van der Waals surface area contributed by atoms with Gasteiger partial charge in [0.25, 0.3) is 0 Å². The van der Waals surface area contributed by atoms with E-state index in [0.29, 0.717) is 12.8 Å². The maximum atomic E-state index is 13.5. The molecular weight excluding hydrogens is 361 g/mol. The minimum absolute atomic E-state index is 0.220. The number of H-pyrrole nitrogens is 1. The molecule has 1 aliphatic carbocycles. The zero-order valence-corrected chi connectivity index (χ0v) is 14.6. The molecule has 6 nitrogen and oxygen atoms in total. The van der Waals surface area contributed by atoms with E-state index in [1.54, 1.807) is 6.07 Å². The summed E-state index contributed by atoms with van der Waals surface area (Å²) in [5, 5.41) is 8.60. The third-order valence-electron chi connectivity index (χ3n) is 4.96. The average molecular weight is 382 g/mol. The zero-order valence-electron chi connectivity index (χ0n) is 14.6. The van der Waals surface area contributed by atoms with Crippen LogP contribution in [0.2, 0.25) is 0 Å². The van der Waals surface area contributed by atoms with Gasteiger partial charge in [0.15, 0.2) is 0 Å². The lowest BCUT2D eigenvalue weighted by molar-refractivity contribution is -0.138. The van der Waals surface area contributed by atoms with Crippen LogP contribution in [0.5, 0.6) is 0 Å². The normalized spacial score (nSPS) is 20.9. The van der Waals surface area contributed by atoms with Crippen molar-refractivity contribution in [1.82, 2.24) is 20.1 Å². The molecule has 9 heteroatoms. The highest BCUT2D eigenvalue weighted by molar-refractivity contribution is 5.76. The van der Waals surface area contributed by atoms with Crippen molar-refractivity contribution in [3.8, 4) is 0 Å². The summed E-state index contributed by atoms with van der Waals surface area (Å²) >= 11 is 0. The largest absolute Gasteiger partial charge is 0.416 e. The molecule has 3 rings (SSSR count). The molecule has 1 amide bonds. The van der Waals surface area contributed by atoms with Gasteiger partial charge in [-0.25, -0.2) is 9.89 Å². The number of carbonyl (C=O) groups is 1. The molecule has 1 fully saturated rings. The van der Waals surface area contributed by atoms with E-state index >= 15 is 0 Å². The van der Waals surface area contributed by atoms with Gasteiger partial charge in [-0.3, -0.25) is 9.36 Å². The van der Waals surface area contributed by atoms with Gasteiger partial charge in [0.1, 0.15) is 12.9 Å². The van der Waals surface area contributed by atoms with Crippen molar-refractivity contribution >= 4 is 5.91 Å². The summed E-state index contributed by atoms with van der Waals surface area (Å²) in [6.07, 6.45) is 0.504. The molecule has 1 aromatic heterocycles. The van der Waals surface area contributed by atoms with Crippen molar-refractivity contribution in [2.45, 2.75) is 56.8 Å². The van der Waals surface area contributed by atoms with E-state index in [4.69, 9.17) is 0 Å². The number of aromatic nitrogens is 3. The fraction of sp³-hybridized carbons (Fsp3) is 0.500. The first-order chi connectivity index (χ1) is 12.9. The SMILES string of the molecule is O=C(Cn1cn[nH]c1=O)NC1CCCCCC1c1ccccc1C(F)(F)F. The number of halogens is 3. The first kappa shape index (κ1) is 19.2. The summed E-state index contributed by atoms with van der Waals surface area (Å²) in [7, 11) is 0. The van der Waals surface area contributed by atoms with E-state index in [1.165, 1.54) is 18.5 Å². The van der Waals surface area contributed by atoms with E-state index in [0.717, 1.165) is 29.9 Å². The summed E-state index contributed by atoms with van der Waals surface area (Å²) in [6.45, 7) is -0.223. The maximum Gasteiger partial charge on any atom is 0.416 e. The first-order valence-corrected chi connectivity index (χ1v) is 8.91. The molecule has 0 bridgehead atoms. The van der Waals surface area contributed by atoms with Crippen LogP contribution in [-0.4, -0.2) is 26.7 Å². The van der Waals surface area contributed by atoms with Crippen LogP contribution in [-0.2, 0) is 17.5 Å². The molecule has 2 N–H and O–H groups in total. The van der Waals surface area contributed by atoms with E-state index in [2.05, 4.69) is 15.5 Å². The Morgan fingerprint density at radius 3 is 2.67 bits per heavy atom. The van der Waals surface area contributed by atoms with E-state index in [1.807, 2.05) is 0 Å². The number of nitrogens with zero attached hydrogens (tertiary/aromatic N) is 2. The number of alkyl halides is 3. The monoisotopic (exact) mass is 382 g/mol. The zero-order chi connectivity index (χ0) is 19.4. The molecule has 1 heterocycles. The highest BCUT2D eigenvalue weighted by Gasteiger charge is 2.37. The van der Waals surface area contributed by atoms with Gasteiger partial charge in [0.05, 0.1) is 5.56 Å². The van der Waals surface area contributed by atoms with Gasteiger partial charge >= 0.3 is 11.9 Å². The molecule has 2 aromatic rings. The van der Waals surface area contributed by atoms with Gasteiger partial charge in [-0.05, 0) is 24.5 Å². The third-order valence-corrected chi connectivity index (χ3v) is 4.96. The van der Waals surface area contributed by atoms with Crippen molar-refractivity contribution in [3.05, 3.63) is 52.2 Å². The van der Waals surface area contributed by atoms with Crippen molar-refractivity contribution in [1.29, 1.82) is 0 Å². The lowest BCUT2D eigenvalue weighted by Gasteiger charge is -2.29. The van der Waals surface area contributed by atoms with Gasteiger partial charge in [-0.2, -0.15) is 18.3 Å². The van der Waals surface area contributed by atoms with Crippen molar-refractivity contribution in [2.75, 3.05) is 0 Å². The second-order valence-corrected chi connectivity index (χ2v) is 6.79. The molecule has 1 aromatic carbocycles. The van der Waals surface area contributed by atoms with E-state index in [-0.39, 0.29) is 12.1 Å². The fourth-order valence-corrected chi connectivity index (χ4v) is 3.72. The van der Waals surface area contributed by atoms with Gasteiger partial charge in [0, 0.05) is 12.0 Å². The quantitative estimate of drug-likeness (QED) is 0.798. The number of hydrogen-bond acceptors (Lipinski definition) is 3. The summed E-state index contributed by atoms with van der Waals surface area (Å²) in [5.74, 6) is -0.838. The maximum absolute atomic E-state index is 13.5. The highest BCUT2D eigenvalue weighted by atomic mass is 19.4. The first-order valence-electron chi connectivity index (χ1n) is 8.91. The Morgan fingerprint density at radius 2 is 1.96 bits per heavy atom. The van der Waals surface area contributed by atoms with Crippen LogP contribution in [0.3, 0.4) is 0 Å². The Hall–Kier alpha value is -2.58. The van der Waals surface area contributed by atoms with Crippen LogP contribution in [0.25, 0.3) is 0 Å². The minimum atomic E-state index is -4.44. The van der Waals surface area contributed by atoms with Crippen molar-refractivity contribution in [3.63, 3.8) is 0 Å². The second kappa shape index (κ2) is 7.98. The molecule has 0 spiro atoms. The molecule has 2 atom stereocenters. The molecule has 0 radical (unpaired) electrons. The molecule has 27 heavy (non-hydrogen) atoms. The van der Waals surface area contributed by atoms with Crippen LogP contribution < -0.4 is 11.0 Å². The van der Waals surface area contributed by atoms with E-state index < -0.39 is 35.3 Å². The Bertz CT molecular complexity index is 843. The summed E-state index contributed by atoms with van der Waals surface area (Å²) < 4.78 is 41.5. The van der Waals surface area contributed by atoms with Gasteiger partial charge < -0.3 is 5.32 Å². The van der Waals surface area contributed by atoms with Gasteiger partial charge in [0.2, 0.25) is 5.91 Å². The summed E-state index contributed by atoms with van der Waals surface area (Å²) in [4.78, 5) is 23.8. The number of amides is 1. The second-order valence-electron chi connectivity index (χ2n) is 6.79. The summed E-state index contributed by atoms with van der Waals surface area (Å²) in [6, 6.07) is 5.15. The lowest BCUT2D eigenvalue weighted by Crippen LogP contribution is -2.41. The number of carbonyl (C=O) groups excluding carboxylic acids is 1.